The quantitative estimate of drug-likeness (QED) is 0.791. The second-order valence-electron chi connectivity index (χ2n) is 5.07. The zero-order valence-corrected chi connectivity index (χ0v) is 10.5. The van der Waals surface area contributed by atoms with Crippen LogP contribution < -0.4 is 5.32 Å². The lowest BCUT2D eigenvalue weighted by Crippen LogP contribution is -2.31. The molecule has 0 bridgehead atoms. The van der Waals surface area contributed by atoms with Crippen LogP contribution in [0.3, 0.4) is 0 Å². The van der Waals surface area contributed by atoms with Gasteiger partial charge < -0.3 is 10.2 Å². The van der Waals surface area contributed by atoms with Crippen molar-refractivity contribution in [3.8, 4) is 0 Å². The lowest BCUT2D eigenvalue weighted by molar-refractivity contribution is 0.342. The van der Waals surface area contributed by atoms with Gasteiger partial charge in [-0.2, -0.15) is 0 Å². The van der Waals surface area contributed by atoms with Crippen molar-refractivity contribution in [2.45, 2.75) is 39.0 Å². The van der Waals surface area contributed by atoms with Gasteiger partial charge in [0.05, 0.1) is 5.84 Å². The molecule has 2 aliphatic rings. The molecule has 1 atom stereocenters. The van der Waals surface area contributed by atoms with Crippen molar-refractivity contribution in [3.63, 3.8) is 0 Å². The molecule has 16 heavy (non-hydrogen) atoms. The SMILES string of the molecule is CCN1CCC(CNC2=NCCCCC2)C1. The Bertz CT molecular complexity index is 237. The summed E-state index contributed by atoms with van der Waals surface area (Å²) in [5.74, 6) is 2.11. The van der Waals surface area contributed by atoms with Crippen LogP contribution in [0.1, 0.15) is 39.0 Å². The van der Waals surface area contributed by atoms with Gasteiger partial charge in [-0.25, -0.2) is 0 Å². The zero-order valence-electron chi connectivity index (χ0n) is 10.5. The summed E-state index contributed by atoms with van der Waals surface area (Å²) in [5.41, 5.74) is 0. The maximum absolute atomic E-state index is 4.62. The third-order valence-corrected chi connectivity index (χ3v) is 3.79. The molecule has 2 rings (SSSR count). The molecule has 0 radical (unpaired) electrons. The van der Waals surface area contributed by atoms with Gasteiger partial charge in [-0.15, -0.1) is 0 Å². The summed E-state index contributed by atoms with van der Waals surface area (Å²) in [4.78, 5) is 7.16. The number of hydrogen-bond acceptors (Lipinski definition) is 3. The molecule has 0 aromatic heterocycles. The van der Waals surface area contributed by atoms with Crippen LogP contribution >= 0.6 is 0 Å². The summed E-state index contributed by atoms with van der Waals surface area (Å²) in [5, 5.41) is 3.57. The molecule has 1 saturated heterocycles. The first kappa shape index (κ1) is 11.9. The number of nitrogens with zero attached hydrogens (tertiary/aromatic N) is 2. The van der Waals surface area contributed by atoms with Crippen molar-refractivity contribution in [1.29, 1.82) is 0 Å². The van der Waals surface area contributed by atoms with E-state index in [0.717, 1.165) is 19.0 Å². The van der Waals surface area contributed by atoms with E-state index in [1.54, 1.807) is 0 Å². The van der Waals surface area contributed by atoms with E-state index in [1.807, 2.05) is 0 Å². The van der Waals surface area contributed by atoms with E-state index in [4.69, 9.17) is 0 Å². The second-order valence-corrected chi connectivity index (χ2v) is 5.07. The van der Waals surface area contributed by atoms with Gasteiger partial charge in [-0.05, 0) is 38.3 Å². The second kappa shape index (κ2) is 6.24. The Morgan fingerprint density at radius 1 is 1.38 bits per heavy atom. The largest absolute Gasteiger partial charge is 0.374 e. The molecule has 1 N–H and O–H groups in total. The molecule has 3 heteroatoms. The molecule has 0 spiro atoms. The number of amidine groups is 1. The van der Waals surface area contributed by atoms with Gasteiger partial charge in [0, 0.05) is 26.1 Å². The van der Waals surface area contributed by atoms with Gasteiger partial charge in [0.2, 0.25) is 0 Å². The molecule has 2 heterocycles. The van der Waals surface area contributed by atoms with Crippen molar-refractivity contribution in [3.05, 3.63) is 0 Å². The Balaban J connectivity index is 1.68. The molecule has 0 amide bonds. The van der Waals surface area contributed by atoms with Crippen LogP contribution in [-0.4, -0.2) is 43.5 Å². The number of nitrogens with one attached hydrogen (secondary N) is 1. The van der Waals surface area contributed by atoms with Crippen molar-refractivity contribution < 1.29 is 0 Å². The fraction of sp³-hybridized carbons (Fsp3) is 0.923. The molecule has 3 nitrogen and oxygen atoms in total. The Hall–Kier alpha value is -0.570. The van der Waals surface area contributed by atoms with E-state index >= 15 is 0 Å². The lowest BCUT2D eigenvalue weighted by Gasteiger charge is -2.15. The van der Waals surface area contributed by atoms with Crippen molar-refractivity contribution in [1.82, 2.24) is 10.2 Å². The molecule has 0 aliphatic carbocycles. The average molecular weight is 223 g/mol. The fourth-order valence-corrected chi connectivity index (χ4v) is 2.65. The highest BCUT2D eigenvalue weighted by molar-refractivity contribution is 5.82. The summed E-state index contributed by atoms with van der Waals surface area (Å²) in [7, 11) is 0. The molecule has 0 saturated carbocycles. The third kappa shape index (κ3) is 3.48. The van der Waals surface area contributed by atoms with Gasteiger partial charge >= 0.3 is 0 Å². The molecule has 1 fully saturated rings. The molecule has 0 aromatic rings. The Labute approximate surface area is 99.3 Å². The van der Waals surface area contributed by atoms with Crippen molar-refractivity contribution >= 4 is 5.84 Å². The van der Waals surface area contributed by atoms with Crippen LogP contribution in [0, 0.1) is 5.92 Å². The van der Waals surface area contributed by atoms with Crippen LogP contribution in [0.4, 0.5) is 0 Å². The summed E-state index contributed by atoms with van der Waals surface area (Å²) >= 11 is 0. The predicted octanol–water partition coefficient (Wildman–Crippen LogP) is 1.89. The smallest absolute Gasteiger partial charge is 0.0963 e. The first-order valence-corrected chi connectivity index (χ1v) is 6.88. The number of aliphatic imine (C=N–C) groups is 1. The first-order chi connectivity index (χ1) is 7.88. The van der Waals surface area contributed by atoms with Gasteiger partial charge in [0.25, 0.3) is 0 Å². The molecule has 1 unspecified atom stereocenters. The number of hydrogen-bond donors (Lipinski definition) is 1. The monoisotopic (exact) mass is 223 g/mol. The minimum Gasteiger partial charge on any atom is -0.374 e. The Morgan fingerprint density at radius 2 is 2.31 bits per heavy atom. The maximum atomic E-state index is 4.62. The van der Waals surface area contributed by atoms with Crippen LogP contribution in [0.15, 0.2) is 4.99 Å². The van der Waals surface area contributed by atoms with Gasteiger partial charge in [-0.3, -0.25) is 4.99 Å². The zero-order chi connectivity index (χ0) is 11.2. The molecule has 92 valence electrons. The standard InChI is InChI=1S/C13H25N3/c1-2-16-9-7-12(11-16)10-15-13-6-4-3-5-8-14-13/h12H,2-11H2,1H3,(H,14,15). The van der Waals surface area contributed by atoms with Crippen LogP contribution in [0.5, 0.6) is 0 Å². The summed E-state index contributed by atoms with van der Waals surface area (Å²) in [6.07, 6.45) is 6.47. The number of likely N-dealkylation sites (tertiary alicyclic amines) is 1. The third-order valence-electron chi connectivity index (χ3n) is 3.79. The van der Waals surface area contributed by atoms with Crippen LogP contribution in [-0.2, 0) is 0 Å². The first-order valence-electron chi connectivity index (χ1n) is 6.88. The highest BCUT2D eigenvalue weighted by Crippen LogP contribution is 2.15. The average Bonchev–Trinajstić information content (AvgIpc) is 2.61. The summed E-state index contributed by atoms with van der Waals surface area (Å²) in [6, 6.07) is 0. The maximum Gasteiger partial charge on any atom is 0.0963 e. The Morgan fingerprint density at radius 3 is 3.12 bits per heavy atom. The predicted molar refractivity (Wildman–Crippen MR) is 69.0 cm³/mol. The summed E-state index contributed by atoms with van der Waals surface area (Å²) in [6.45, 7) is 8.19. The van der Waals surface area contributed by atoms with Gasteiger partial charge in [0.1, 0.15) is 0 Å². The van der Waals surface area contributed by atoms with Crippen molar-refractivity contribution in [2.24, 2.45) is 10.9 Å². The van der Waals surface area contributed by atoms with Crippen LogP contribution in [0.25, 0.3) is 0 Å². The van der Waals surface area contributed by atoms with E-state index in [0.29, 0.717) is 0 Å². The minimum absolute atomic E-state index is 0.839. The summed E-state index contributed by atoms with van der Waals surface area (Å²) < 4.78 is 0. The topological polar surface area (TPSA) is 27.6 Å². The Kier molecular flexibility index (Phi) is 4.64. The molecular formula is C13H25N3. The molecular weight excluding hydrogens is 198 g/mol. The highest BCUT2D eigenvalue weighted by atomic mass is 15.1. The number of rotatable bonds is 3. The molecule has 0 aromatic carbocycles. The lowest BCUT2D eigenvalue weighted by atomic mass is 10.1. The molecule has 2 aliphatic heterocycles. The van der Waals surface area contributed by atoms with E-state index in [-0.39, 0.29) is 0 Å². The van der Waals surface area contributed by atoms with E-state index in [1.165, 1.54) is 57.6 Å². The van der Waals surface area contributed by atoms with Crippen molar-refractivity contribution in [2.75, 3.05) is 32.7 Å². The normalized spacial score (nSPS) is 27.6. The van der Waals surface area contributed by atoms with E-state index in [2.05, 4.69) is 22.1 Å². The van der Waals surface area contributed by atoms with Crippen LogP contribution in [0.2, 0.25) is 0 Å². The minimum atomic E-state index is 0.839. The van der Waals surface area contributed by atoms with E-state index in [9.17, 15) is 0 Å². The van der Waals surface area contributed by atoms with Gasteiger partial charge in [-0.1, -0.05) is 13.3 Å². The van der Waals surface area contributed by atoms with E-state index < -0.39 is 0 Å². The fourth-order valence-electron chi connectivity index (χ4n) is 2.65. The highest BCUT2D eigenvalue weighted by Gasteiger charge is 2.20. The van der Waals surface area contributed by atoms with Gasteiger partial charge in [0.15, 0.2) is 0 Å².